The second-order valence-corrected chi connectivity index (χ2v) is 6.64. The third kappa shape index (κ3) is 3.03. The molecule has 1 aliphatic rings. The molecule has 0 spiro atoms. The summed E-state index contributed by atoms with van der Waals surface area (Å²) in [7, 11) is 0. The molecule has 4 aromatic rings. The Kier molecular flexibility index (Phi) is 3.64. The van der Waals surface area contributed by atoms with Gasteiger partial charge < -0.3 is 5.32 Å². The molecule has 2 heterocycles. The summed E-state index contributed by atoms with van der Waals surface area (Å²) in [6.45, 7) is 0. The van der Waals surface area contributed by atoms with Crippen molar-refractivity contribution in [3.8, 4) is 5.69 Å². The minimum atomic E-state index is -0.134. The molecule has 1 N–H and O–H groups in total. The third-order valence-electron chi connectivity index (χ3n) is 4.71. The van der Waals surface area contributed by atoms with E-state index in [1.165, 1.54) is 6.33 Å². The summed E-state index contributed by atoms with van der Waals surface area (Å²) < 4.78 is 1.56. The Balaban J connectivity index is 1.45. The van der Waals surface area contributed by atoms with Crippen LogP contribution in [0.1, 0.15) is 34.8 Å². The number of amides is 1. The molecule has 0 aliphatic heterocycles. The van der Waals surface area contributed by atoms with Crippen LogP contribution in [0.15, 0.2) is 60.9 Å². The monoisotopic (exact) mass is 356 g/mol. The fourth-order valence-electron chi connectivity index (χ4n) is 3.15. The predicted octanol–water partition coefficient (Wildman–Crippen LogP) is 3.34. The van der Waals surface area contributed by atoms with Crippen LogP contribution in [-0.4, -0.2) is 31.1 Å². The Hall–Kier alpha value is -3.61. The van der Waals surface area contributed by atoms with E-state index in [1.807, 2.05) is 54.6 Å². The number of hydrogen-bond acceptors (Lipinski definition) is 5. The minimum absolute atomic E-state index is 0.134. The highest BCUT2D eigenvalue weighted by Gasteiger charge is 2.26. The van der Waals surface area contributed by atoms with Gasteiger partial charge in [-0.2, -0.15) is 0 Å². The van der Waals surface area contributed by atoms with E-state index in [2.05, 4.69) is 20.8 Å². The number of hydrogen-bond donors (Lipinski definition) is 1. The molecule has 0 bridgehead atoms. The first-order chi connectivity index (χ1) is 13.3. The summed E-state index contributed by atoms with van der Waals surface area (Å²) in [5.74, 6) is 0.349. The van der Waals surface area contributed by atoms with Crippen molar-refractivity contribution in [3.63, 3.8) is 0 Å². The number of carbonyl (C=O) groups is 1. The number of fused-ring (bicyclic) bond motifs is 1. The zero-order valence-electron chi connectivity index (χ0n) is 14.4. The number of aromatic nitrogens is 5. The SMILES string of the molecule is O=C(Nc1ccc(-n2cnnn2)cc1)c1cc(C2CC2)nc2ccccc12. The van der Waals surface area contributed by atoms with Crippen LogP contribution < -0.4 is 5.32 Å². The van der Waals surface area contributed by atoms with E-state index in [4.69, 9.17) is 4.98 Å². The molecule has 27 heavy (non-hydrogen) atoms. The van der Waals surface area contributed by atoms with Crippen LogP contribution in [0.25, 0.3) is 16.6 Å². The first-order valence-electron chi connectivity index (χ1n) is 8.82. The molecule has 1 saturated carbocycles. The number of pyridine rings is 1. The summed E-state index contributed by atoms with van der Waals surface area (Å²) in [6, 6.07) is 17.1. The summed E-state index contributed by atoms with van der Waals surface area (Å²) in [6.07, 6.45) is 3.81. The van der Waals surface area contributed by atoms with Gasteiger partial charge in [0, 0.05) is 22.7 Å². The Morgan fingerprint density at radius 2 is 1.89 bits per heavy atom. The van der Waals surface area contributed by atoms with E-state index in [0.29, 0.717) is 17.2 Å². The lowest BCUT2D eigenvalue weighted by Crippen LogP contribution is -2.13. The first kappa shape index (κ1) is 15.6. The lowest BCUT2D eigenvalue weighted by atomic mass is 10.1. The van der Waals surface area contributed by atoms with Crippen molar-refractivity contribution >= 4 is 22.5 Å². The van der Waals surface area contributed by atoms with Crippen LogP contribution >= 0.6 is 0 Å². The fourth-order valence-corrected chi connectivity index (χ4v) is 3.15. The molecular weight excluding hydrogens is 340 g/mol. The maximum atomic E-state index is 13.0. The van der Waals surface area contributed by atoms with Gasteiger partial charge in [-0.3, -0.25) is 9.78 Å². The van der Waals surface area contributed by atoms with E-state index < -0.39 is 0 Å². The summed E-state index contributed by atoms with van der Waals surface area (Å²) in [5, 5.41) is 14.9. The second kappa shape index (κ2) is 6.28. The molecular formula is C20H16N6O. The quantitative estimate of drug-likeness (QED) is 0.606. The number of carbonyl (C=O) groups excluding carboxylic acids is 1. The topological polar surface area (TPSA) is 85.6 Å². The van der Waals surface area contributed by atoms with Crippen LogP contribution in [0, 0.1) is 0 Å². The van der Waals surface area contributed by atoms with Crippen molar-refractivity contribution in [1.82, 2.24) is 25.2 Å². The van der Waals surface area contributed by atoms with Gasteiger partial charge in [0.15, 0.2) is 0 Å². The molecule has 0 saturated heterocycles. The molecule has 7 nitrogen and oxygen atoms in total. The predicted molar refractivity (Wildman–Crippen MR) is 101 cm³/mol. The molecule has 1 aliphatic carbocycles. The van der Waals surface area contributed by atoms with Crippen molar-refractivity contribution in [2.24, 2.45) is 0 Å². The van der Waals surface area contributed by atoms with Gasteiger partial charge in [0.05, 0.1) is 16.8 Å². The second-order valence-electron chi connectivity index (χ2n) is 6.64. The summed E-state index contributed by atoms with van der Waals surface area (Å²) in [5.41, 5.74) is 4.06. The zero-order valence-corrected chi connectivity index (χ0v) is 14.4. The van der Waals surface area contributed by atoms with E-state index in [9.17, 15) is 4.79 Å². The van der Waals surface area contributed by atoms with Gasteiger partial charge in [0.2, 0.25) is 0 Å². The highest BCUT2D eigenvalue weighted by atomic mass is 16.1. The third-order valence-corrected chi connectivity index (χ3v) is 4.71. The lowest BCUT2D eigenvalue weighted by Gasteiger charge is -2.10. The molecule has 2 aromatic carbocycles. The van der Waals surface area contributed by atoms with E-state index in [1.54, 1.807) is 4.68 Å². The molecule has 5 rings (SSSR count). The Bertz CT molecular complexity index is 1120. The Labute approximate surface area is 155 Å². The molecule has 132 valence electrons. The van der Waals surface area contributed by atoms with Crippen LogP contribution in [0.5, 0.6) is 0 Å². The minimum Gasteiger partial charge on any atom is -0.322 e. The normalized spacial score (nSPS) is 13.6. The van der Waals surface area contributed by atoms with Gasteiger partial charge in [0.25, 0.3) is 5.91 Å². The first-order valence-corrected chi connectivity index (χ1v) is 8.82. The van der Waals surface area contributed by atoms with Gasteiger partial charge in [0.1, 0.15) is 6.33 Å². The van der Waals surface area contributed by atoms with Gasteiger partial charge in [-0.15, -0.1) is 5.10 Å². The molecule has 0 radical (unpaired) electrons. The van der Waals surface area contributed by atoms with E-state index in [-0.39, 0.29) is 5.91 Å². The van der Waals surface area contributed by atoms with Crippen LogP contribution in [-0.2, 0) is 0 Å². The average molecular weight is 356 g/mol. The number of tetrazole rings is 1. The standard InChI is InChI=1S/C20H16N6O/c27-20(22-14-7-9-15(10-8-14)26-12-21-24-25-26)17-11-19(13-5-6-13)23-18-4-2-1-3-16(17)18/h1-4,7-13H,5-6H2,(H,22,27). The van der Waals surface area contributed by atoms with Crippen molar-refractivity contribution in [1.29, 1.82) is 0 Å². The van der Waals surface area contributed by atoms with Gasteiger partial charge >= 0.3 is 0 Å². The van der Waals surface area contributed by atoms with Crippen molar-refractivity contribution in [2.75, 3.05) is 5.32 Å². The largest absolute Gasteiger partial charge is 0.322 e. The molecule has 0 atom stereocenters. The number of nitrogens with zero attached hydrogens (tertiary/aromatic N) is 5. The molecule has 0 unspecified atom stereocenters. The number of para-hydroxylation sites is 1. The number of benzene rings is 2. The lowest BCUT2D eigenvalue weighted by molar-refractivity contribution is 0.102. The van der Waals surface area contributed by atoms with Gasteiger partial charge in [-0.05, 0) is 59.7 Å². The van der Waals surface area contributed by atoms with Crippen molar-refractivity contribution in [2.45, 2.75) is 18.8 Å². The van der Waals surface area contributed by atoms with Crippen LogP contribution in [0.3, 0.4) is 0 Å². The maximum Gasteiger partial charge on any atom is 0.256 e. The summed E-state index contributed by atoms with van der Waals surface area (Å²) >= 11 is 0. The highest BCUT2D eigenvalue weighted by Crippen LogP contribution is 2.40. The molecule has 7 heteroatoms. The number of nitrogens with one attached hydrogen (secondary N) is 1. The smallest absolute Gasteiger partial charge is 0.256 e. The number of anilines is 1. The van der Waals surface area contributed by atoms with Gasteiger partial charge in [-0.1, -0.05) is 18.2 Å². The summed E-state index contributed by atoms with van der Waals surface area (Å²) in [4.78, 5) is 17.7. The van der Waals surface area contributed by atoms with Crippen molar-refractivity contribution in [3.05, 3.63) is 72.2 Å². The fraction of sp³-hybridized carbons (Fsp3) is 0.150. The highest BCUT2D eigenvalue weighted by molar-refractivity contribution is 6.12. The van der Waals surface area contributed by atoms with Crippen LogP contribution in [0.2, 0.25) is 0 Å². The molecule has 1 amide bonds. The van der Waals surface area contributed by atoms with Crippen LogP contribution in [0.4, 0.5) is 5.69 Å². The molecule has 2 aromatic heterocycles. The van der Waals surface area contributed by atoms with E-state index >= 15 is 0 Å². The number of rotatable bonds is 4. The average Bonchev–Trinajstić information content (AvgIpc) is 3.42. The maximum absolute atomic E-state index is 13.0. The van der Waals surface area contributed by atoms with Gasteiger partial charge in [-0.25, -0.2) is 4.68 Å². The molecule has 1 fully saturated rings. The zero-order chi connectivity index (χ0) is 18.2. The Morgan fingerprint density at radius 3 is 2.63 bits per heavy atom. The van der Waals surface area contributed by atoms with E-state index in [0.717, 1.165) is 35.1 Å². The Morgan fingerprint density at radius 1 is 1.07 bits per heavy atom. The van der Waals surface area contributed by atoms with Crippen molar-refractivity contribution < 1.29 is 4.79 Å².